The first kappa shape index (κ1) is 19.9. The van der Waals surface area contributed by atoms with Gasteiger partial charge in [0.05, 0.1) is 11.1 Å². The molecule has 0 aromatic heterocycles. The molecule has 6 nitrogen and oxygen atoms in total. The summed E-state index contributed by atoms with van der Waals surface area (Å²) >= 11 is 3.47. The van der Waals surface area contributed by atoms with Crippen LogP contribution in [0.1, 0.15) is 25.7 Å². The summed E-state index contributed by atoms with van der Waals surface area (Å²) < 4.78 is 7.29. The number of hydrogen-bond acceptors (Lipinski definition) is 4. The highest BCUT2D eigenvalue weighted by Gasteiger charge is 2.54. The van der Waals surface area contributed by atoms with Crippen LogP contribution in [-0.4, -0.2) is 51.8 Å². The van der Waals surface area contributed by atoms with Crippen LogP contribution in [0.3, 0.4) is 0 Å². The Bertz CT molecular complexity index is 1020. The Kier molecular flexibility index (Phi) is 5.12. The molecule has 2 N–H and O–H groups in total. The van der Waals surface area contributed by atoms with E-state index in [1.807, 2.05) is 48.3 Å². The first-order valence-electron chi connectivity index (χ1n) is 9.56. The molecule has 0 spiro atoms. The van der Waals surface area contributed by atoms with Gasteiger partial charge in [0.15, 0.2) is 0 Å². The van der Waals surface area contributed by atoms with E-state index in [1.54, 1.807) is 0 Å². The zero-order valence-corrected chi connectivity index (χ0v) is 17.6. The number of carbonyl (C=O) groups is 2. The minimum atomic E-state index is -1.24. The molecule has 2 fully saturated rings. The van der Waals surface area contributed by atoms with E-state index in [1.165, 1.54) is 0 Å². The highest BCUT2D eigenvalue weighted by atomic mass is 79.9. The number of likely N-dealkylation sites (N-methyl/N-ethyl adjacent to an activating group) is 1. The van der Waals surface area contributed by atoms with Gasteiger partial charge in [-0.3, -0.25) is 4.90 Å². The number of carboxylic acid groups (broad SMARTS) is 2. The molecule has 0 saturated carbocycles. The van der Waals surface area contributed by atoms with Gasteiger partial charge in [0.2, 0.25) is 0 Å². The zero-order chi connectivity index (χ0) is 20.8. The van der Waals surface area contributed by atoms with Crippen molar-refractivity contribution in [3.8, 4) is 5.75 Å². The summed E-state index contributed by atoms with van der Waals surface area (Å²) in [6, 6.07) is 12.1. The van der Waals surface area contributed by atoms with E-state index < -0.39 is 17.5 Å². The number of aliphatic carboxylic acids is 2. The molecular formula is C22H22BrNO5. The molecule has 0 aliphatic carbocycles. The Labute approximate surface area is 176 Å². The van der Waals surface area contributed by atoms with Crippen molar-refractivity contribution in [2.75, 3.05) is 7.05 Å². The average molecular weight is 460 g/mol. The van der Waals surface area contributed by atoms with Crippen molar-refractivity contribution in [3.05, 3.63) is 52.5 Å². The summed E-state index contributed by atoms with van der Waals surface area (Å²) in [6.45, 7) is 0. The lowest BCUT2D eigenvalue weighted by molar-refractivity contribution is -0.137. The lowest BCUT2D eigenvalue weighted by Crippen LogP contribution is -2.55. The van der Waals surface area contributed by atoms with E-state index >= 15 is 0 Å². The Morgan fingerprint density at radius 3 is 2.66 bits per heavy atom. The summed E-state index contributed by atoms with van der Waals surface area (Å²) in [5.41, 5.74) is -0.883. The van der Waals surface area contributed by atoms with Crippen molar-refractivity contribution in [3.63, 3.8) is 0 Å². The molecule has 0 radical (unpaired) electrons. The number of carboxylic acids is 2. The van der Waals surface area contributed by atoms with Gasteiger partial charge in [0.1, 0.15) is 11.9 Å². The average Bonchev–Trinajstić information content (AvgIpc) is 2.85. The molecule has 0 amide bonds. The predicted molar refractivity (Wildman–Crippen MR) is 112 cm³/mol. The molecule has 3 atom stereocenters. The maximum Gasteiger partial charge on any atom is 0.333 e. The molecule has 2 heterocycles. The molecule has 152 valence electrons. The fourth-order valence-electron chi connectivity index (χ4n) is 4.91. The molecule has 3 unspecified atom stereocenters. The van der Waals surface area contributed by atoms with Crippen molar-refractivity contribution in [2.24, 2.45) is 0 Å². The van der Waals surface area contributed by atoms with Crippen LogP contribution in [0.25, 0.3) is 10.8 Å². The summed E-state index contributed by atoms with van der Waals surface area (Å²) in [5.74, 6) is -1.68. The number of nitrogens with zero attached hydrogens (tertiary/aromatic N) is 1. The van der Waals surface area contributed by atoms with Crippen molar-refractivity contribution < 1.29 is 24.5 Å². The van der Waals surface area contributed by atoms with E-state index in [2.05, 4.69) is 15.9 Å². The maximum absolute atomic E-state index is 11.9. The van der Waals surface area contributed by atoms with E-state index in [0.29, 0.717) is 12.8 Å². The Morgan fingerprint density at radius 2 is 1.93 bits per heavy atom. The molecule has 2 bridgehead atoms. The molecule has 2 aliphatic heterocycles. The molecule has 2 aromatic carbocycles. The monoisotopic (exact) mass is 459 g/mol. The second-order valence-electron chi connectivity index (χ2n) is 7.87. The number of benzene rings is 2. The highest BCUT2D eigenvalue weighted by Crippen LogP contribution is 2.48. The Hall–Kier alpha value is -2.38. The van der Waals surface area contributed by atoms with E-state index in [9.17, 15) is 19.8 Å². The largest absolute Gasteiger partial charge is 0.490 e. The van der Waals surface area contributed by atoms with Gasteiger partial charge in [-0.1, -0.05) is 28.1 Å². The third kappa shape index (κ3) is 3.65. The normalized spacial score (nSPS) is 27.2. The molecule has 29 heavy (non-hydrogen) atoms. The van der Waals surface area contributed by atoms with Gasteiger partial charge in [-0.2, -0.15) is 0 Å². The Morgan fingerprint density at radius 1 is 1.21 bits per heavy atom. The standard InChI is InChI=1S/C22H22BrNO5/c1-24-16-6-7-22(24,19(21(27)28)11-20(25)26)12-18(10-16)29-17-5-3-13-8-15(23)4-2-14(13)9-17/h2-5,8-9,11,16,18H,6-7,10,12H2,1H3,(H,25,26)(H,27,28)/b19-11-. The van der Waals surface area contributed by atoms with Crippen LogP contribution in [0, 0.1) is 0 Å². The van der Waals surface area contributed by atoms with Gasteiger partial charge >= 0.3 is 11.9 Å². The van der Waals surface area contributed by atoms with Crippen LogP contribution >= 0.6 is 15.9 Å². The van der Waals surface area contributed by atoms with Crippen LogP contribution in [0.5, 0.6) is 5.75 Å². The zero-order valence-electron chi connectivity index (χ0n) is 16.0. The van der Waals surface area contributed by atoms with Crippen LogP contribution in [0.15, 0.2) is 52.5 Å². The van der Waals surface area contributed by atoms with Crippen molar-refractivity contribution in [1.82, 2.24) is 4.90 Å². The molecule has 2 saturated heterocycles. The third-order valence-electron chi connectivity index (χ3n) is 6.29. The minimum Gasteiger partial charge on any atom is -0.490 e. The molecule has 7 heteroatoms. The Balaban J connectivity index is 1.63. The molecule has 4 rings (SSSR count). The van der Waals surface area contributed by atoms with Gasteiger partial charge in [-0.25, -0.2) is 9.59 Å². The summed E-state index contributed by atoms with van der Waals surface area (Å²) in [4.78, 5) is 25.2. The van der Waals surface area contributed by atoms with Gasteiger partial charge < -0.3 is 14.9 Å². The quantitative estimate of drug-likeness (QED) is 0.655. The van der Waals surface area contributed by atoms with Gasteiger partial charge in [0.25, 0.3) is 0 Å². The van der Waals surface area contributed by atoms with E-state index in [0.717, 1.165) is 39.9 Å². The minimum absolute atomic E-state index is 0.0633. The lowest BCUT2D eigenvalue weighted by Gasteiger charge is -2.45. The summed E-state index contributed by atoms with van der Waals surface area (Å²) in [7, 11) is 1.89. The number of piperidine rings is 1. The number of fused-ring (bicyclic) bond motifs is 3. The lowest BCUT2D eigenvalue weighted by atomic mass is 9.80. The SMILES string of the molecule is CN1C2CCC1(/C(=C\C(=O)O)C(=O)O)CC(Oc1ccc3cc(Br)ccc3c1)C2. The summed E-state index contributed by atoms with van der Waals surface area (Å²) in [5, 5.41) is 21.1. The van der Waals surface area contributed by atoms with E-state index in [-0.39, 0.29) is 17.7 Å². The number of ether oxygens (including phenoxy) is 1. The fraction of sp³-hybridized carbons (Fsp3) is 0.364. The van der Waals surface area contributed by atoms with Crippen molar-refractivity contribution in [2.45, 2.75) is 43.4 Å². The van der Waals surface area contributed by atoms with Crippen LogP contribution in [-0.2, 0) is 9.59 Å². The van der Waals surface area contributed by atoms with Crippen LogP contribution in [0.4, 0.5) is 0 Å². The number of halogens is 1. The van der Waals surface area contributed by atoms with E-state index in [4.69, 9.17) is 4.74 Å². The molecule has 2 aliphatic rings. The van der Waals surface area contributed by atoms with Crippen molar-refractivity contribution >= 4 is 38.6 Å². The van der Waals surface area contributed by atoms with Gasteiger partial charge in [0, 0.05) is 23.0 Å². The maximum atomic E-state index is 11.9. The molecule has 2 aromatic rings. The number of hydrogen-bond donors (Lipinski definition) is 2. The first-order valence-corrected chi connectivity index (χ1v) is 10.3. The van der Waals surface area contributed by atoms with Crippen LogP contribution < -0.4 is 4.74 Å². The highest BCUT2D eigenvalue weighted by molar-refractivity contribution is 9.10. The number of rotatable bonds is 5. The van der Waals surface area contributed by atoms with Crippen molar-refractivity contribution in [1.29, 1.82) is 0 Å². The summed E-state index contributed by atoms with van der Waals surface area (Å²) in [6.07, 6.45) is 3.35. The smallest absolute Gasteiger partial charge is 0.333 e. The topological polar surface area (TPSA) is 87.1 Å². The fourth-order valence-corrected chi connectivity index (χ4v) is 5.29. The second-order valence-corrected chi connectivity index (χ2v) is 8.79. The second kappa shape index (κ2) is 7.46. The third-order valence-corrected chi connectivity index (χ3v) is 6.78. The predicted octanol–water partition coefficient (Wildman–Crippen LogP) is 4.07. The van der Waals surface area contributed by atoms with Crippen LogP contribution in [0.2, 0.25) is 0 Å². The first-order chi connectivity index (χ1) is 13.8. The van der Waals surface area contributed by atoms with Gasteiger partial charge in [-0.15, -0.1) is 0 Å². The molecular weight excluding hydrogens is 438 g/mol. The van der Waals surface area contributed by atoms with Gasteiger partial charge in [-0.05, 0) is 61.3 Å².